The number of benzene rings is 1. The molecule has 1 heterocycles. The van der Waals surface area contributed by atoms with E-state index in [0.717, 1.165) is 37.0 Å². The van der Waals surface area contributed by atoms with Crippen molar-refractivity contribution in [2.24, 2.45) is 0 Å². The highest BCUT2D eigenvalue weighted by atomic mass is 16.5. The van der Waals surface area contributed by atoms with Gasteiger partial charge in [-0.25, -0.2) is 4.79 Å². The van der Waals surface area contributed by atoms with E-state index in [9.17, 15) is 9.59 Å². The van der Waals surface area contributed by atoms with Crippen LogP contribution in [0.3, 0.4) is 0 Å². The summed E-state index contributed by atoms with van der Waals surface area (Å²) in [4.78, 5) is 26.1. The molecule has 5 nitrogen and oxygen atoms in total. The molecule has 1 N–H and O–H groups in total. The Labute approximate surface area is 124 Å². The number of carbonyl (C=O) groups excluding carboxylic acids is 2. The standard InChI is InChI=1S/C16H20N2O3/c1-2-21-13-8-4-3-7-12(13)11-18-14(19)16(17-15(18)20)9-5-6-10-16/h3-4,7-8H,2,5-6,9-11H2,1H3,(H,17,20). The maximum atomic E-state index is 12.6. The molecule has 112 valence electrons. The molecule has 0 atom stereocenters. The van der Waals surface area contributed by atoms with E-state index in [1.165, 1.54) is 4.90 Å². The first-order chi connectivity index (χ1) is 10.2. The fraction of sp³-hybridized carbons (Fsp3) is 0.500. The molecule has 1 aliphatic carbocycles. The Morgan fingerprint density at radius 3 is 2.67 bits per heavy atom. The molecule has 2 aliphatic rings. The first kappa shape index (κ1) is 13.9. The lowest BCUT2D eigenvalue weighted by Gasteiger charge is -2.20. The number of ether oxygens (including phenoxy) is 1. The number of carbonyl (C=O) groups is 2. The summed E-state index contributed by atoms with van der Waals surface area (Å²) in [6.07, 6.45) is 3.49. The van der Waals surface area contributed by atoms with Gasteiger partial charge in [0.05, 0.1) is 13.2 Å². The number of hydrogen-bond donors (Lipinski definition) is 1. The fourth-order valence-electron chi connectivity index (χ4n) is 3.24. The SMILES string of the molecule is CCOc1ccccc1CN1C(=O)NC2(CCCC2)C1=O. The van der Waals surface area contributed by atoms with Gasteiger partial charge in [-0.2, -0.15) is 0 Å². The Balaban J connectivity index is 1.82. The monoisotopic (exact) mass is 288 g/mol. The second-order valence-electron chi connectivity index (χ2n) is 5.65. The molecule has 0 radical (unpaired) electrons. The minimum absolute atomic E-state index is 0.0868. The van der Waals surface area contributed by atoms with E-state index in [2.05, 4.69) is 5.32 Å². The summed E-state index contributed by atoms with van der Waals surface area (Å²) in [5.74, 6) is 0.643. The van der Waals surface area contributed by atoms with Crippen LogP contribution in [0.25, 0.3) is 0 Å². The van der Waals surface area contributed by atoms with Crippen LogP contribution >= 0.6 is 0 Å². The molecule has 0 unspecified atom stereocenters. The molecule has 1 saturated heterocycles. The molecule has 0 bridgehead atoms. The minimum atomic E-state index is -0.641. The van der Waals surface area contributed by atoms with Crippen molar-refractivity contribution in [2.45, 2.75) is 44.7 Å². The van der Waals surface area contributed by atoms with E-state index in [0.29, 0.717) is 6.61 Å². The third-order valence-corrected chi connectivity index (χ3v) is 4.30. The molecule has 1 aromatic carbocycles. The predicted octanol–water partition coefficient (Wildman–Crippen LogP) is 2.45. The van der Waals surface area contributed by atoms with Crippen molar-refractivity contribution >= 4 is 11.9 Å². The van der Waals surface area contributed by atoms with Crippen molar-refractivity contribution in [1.82, 2.24) is 10.2 Å². The number of nitrogens with one attached hydrogen (secondary N) is 1. The molecule has 21 heavy (non-hydrogen) atoms. The third-order valence-electron chi connectivity index (χ3n) is 4.30. The van der Waals surface area contributed by atoms with E-state index in [-0.39, 0.29) is 18.5 Å². The number of amides is 3. The number of urea groups is 1. The second-order valence-corrected chi connectivity index (χ2v) is 5.65. The Bertz CT molecular complexity index is 564. The number of rotatable bonds is 4. The molecule has 1 aliphatic heterocycles. The van der Waals surface area contributed by atoms with Gasteiger partial charge in [0.15, 0.2) is 0 Å². The zero-order valence-electron chi connectivity index (χ0n) is 12.2. The van der Waals surface area contributed by atoms with Crippen molar-refractivity contribution < 1.29 is 14.3 Å². The quantitative estimate of drug-likeness (QED) is 0.866. The molecule has 5 heteroatoms. The highest BCUT2D eigenvalue weighted by molar-refractivity contribution is 6.07. The lowest BCUT2D eigenvalue weighted by atomic mass is 9.98. The van der Waals surface area contributed by atoms with Crippen LogP contribution in [0.15, 0.2) is 24.3 Å². The summed E-state index contributed by atoms with van der Waals surface area (Å²) in [6, 6.07) is 7.25. The molecule has 1 saturated carbocycles. The topological polar surface area (TPSA) is 58.6 Å². The van der Waals surface area contributed by atoms with Crippen LogP contribution in [0.5, 0.6) is 5.75 Å². The van der Waals surface area contributed by atoms with Gasteiger partial charge in [0.1, 0.15) is 11.3 Å². The van der Waals surface area contributed by atoms with Gasteiger partial charge in [0.2, 0.25) is 0 Å². The summed E-state index contributed by atoms with van der Waals surface area (Å²) in [5, 5.41) is 2.90. The smallest absolute Gasteiger partial charge is 0.325 e. The van der Waals surface area contributed by atoms with Crippen molar-refractivity contribution in [3.8, 4) is 5.75 Å². The average Bonchev–Trinajstić information content (AvgIpc) is 3.03. The van der Waals surface area contributed by atoms with Crippen LogP contribution in [0.1, 0.15) is 38.2 Å². The second kappa shape index (κ2) is 5.39. The first-order valence-electron chi connectivity index (χ1n) is 7.51. The van der Waals surface area contributed by atoms with Crippen molar-refractivity contribution in [3.63, 3.8) is 0 Å². The summed E-state index contributed by atoms with van der Waals surface area (Å²) < 4.78 is 5.57. The van der Waals surface area contributed by atoms with Crippen LogP contribution in [0.2, 0.25) is 0 Å². The maximum Gasteiger partial charge on any atom is 0.325 e. The van der Waals surface area contributed by atoms with Crippen LogP contribution in [0, 0.1) is 0 Å². The van der Waals surface area contributed by atoms with Gasteiger partial charge in [-0.15, -0.1) is 0 Å². The Morgan fingerprint density at radius 2 is 1.95 bits per heavy atom. The van der Waals surface area contributed by atoms with Crippen molar-refractivity contribution in [3.05, 3.63) is 29.8 Å². The van der Waals surface area contributed by atoms with E-state index in [4.69, 9.17) is 4.74 Å². The Morgan fingerprint density at radius 1 is 1.24 bits per heavy atom. The average molecular weight is 288 g/mol. The fourth-order valence-corrected chi connectivity index (χ4v) is 3.24. The molecule has 1 spiro atoms. The van der Waals surface area contributed by atoms with E-state index in [1.54, 1.807) is 0 Å². The molecule has 1 aromatic rings. The van der Waals surface area contributed by atoms with Gasteiger partial charge in [0.25, 0.3) is 5.91 Å². The zero-order valence-corrected chi connectivity index (χ0v) is 12.2. The van der Waals surface area contributed by atoms with Gasteiger partial charge in [-0.1, -0.05) is 31.0 Å². The number of hydrogen-bond acceptors (Lipinski definition) is 3. The molecular formula is C16H20N2O3. The normalized spacial score (nSPS) is 20.1. The molecule has 3 amide bonds. The minimum Gasteiger partial charge on any atom is -0.494 e. The maximum absolute atomic E-state index is 12.6. The van der Waals surface area contributed by atoms with Crippen LogP contribution in [0.4, 0.5) is 4.79 Å². The summed E-state index contributed by atoms with van der Waals surface area (Å²) in [6.45, 7) is 2.74. The summed E-state index contributed by atoms with van der Waals surface area (Å²) >= 11 is 0. The van der Waals surface area contributed by atoms with Gasteiger partial charge in [-0.3, -0.25) is 9.69 Å². The van der Waals surface area contributed by atoms with Crippen molar-refractivity contribution in [1.29, 1.82) is 0 Å². The van der Waals surface area contributed by atoms with Crippen LogP contribution < -0.4 is 10.1 Å². The summed E-state index contributed by atoms with van der Waals surface area (Å²) in [7, 11) is 0. The first-order valence-corrected chi connectivity index (χ1v) is 7.51. The molecule has 0 aromatic heterocycles. The molecular weight excluding hydrogens is 268 g/mol. The van der Waals surface area contributed by atoms with Gasteiger partial charge in [-0.05, 0) is 25.8 Å². The number of imide groups is 1. The van der Waals surface area contributed by atoms with Crippen LogP contribution in [-0.2, 0) is 11.3 Å². The largest absolute Gasteiger partial charge is 0.494 e. The predicted molar refractivity (Wildman–Crippen MR) is 77.9 cm³/mol. The van der Waals surface area contributed by atoms with E-state index < -0.39 is 5.54 Å². The van der Waals surface area contributed by atoms with Gasteiger partial charge >= 0.3 is 6.03 Å². The lowest BCUT2D eigenvalue weighted by molar-refractivity contribution is -0.131. The van der Waals surface area contributed by atoms with Gasteiger partial charge in [0, 0.05) is 5.56 Å². The van der Waals surface area contributed by atoms with Crippen LogP contribution in [-0.4, -0.2) is 29.0 Å². The third kappa shape index (κ3) is 2.37. The van der Waals surface area contributed by atoms with Gasteiger partial charge < -0.3 is 10.1 Å². The Kier molecular flexibility index (Phi) is 3.57. The Hall–Kier alpha value is -2.04. The highest BCUT2D eigenvalue weighted by Gasteiger charge is 2.52. The van der Waals surface area contributed by atoms with Crippen molar-refractivity contribution in [2.75, 3.05) is 6.61 Å². The number of nitrogens with zero attached hydrogens (tertiary/aromatic N) is 1. The summed E-state index contributed by atoms with van der Waals surface area (Å²) in [5.41, 5.74) is 0.218. The highest BCUT2D eigenvalue weighted by Crippen LogP contribution is 2.36. The van der Waals surface area contributed by atoms with E-state index >= 15 is 0 Å². The van der Waals surface area contributed by atoms with E-state index in [1.807, 2.05) is 31.2 Å². The number of para-hydroxylation sites is 1. The lowest BCUT2D eigenvalue weighted by Crippen LogP contribution is -2.44. The molecule has 3 rings (SSSR count). The zero-order chi connectivity index (χ0) is 14.9. The molecule has 2 fully saturated rings.